The van der Waals surface area contributed by atoms with Crippen molar-refractivity contribution in [1.82, 2.24) is 16.0 Å². The summed E-state index contributed by atoms with van der Waals surface area (Å²) < 4.78 is 29.5. The molecule has 0 unspecified atom stereocenters. The van der Waals surface area contributed by atoms with Gasteiger partial charge in [0.15, 0.2) is 5.96 Å². The summed E-state index contributed by atoms with van der Waals surface area (Å²) in [7, 11) is 1.60. The van der Waals surface area contributed by atoms with Gasteiger partial charge in [-0.25, -0.2) is 0 Å². The van der Waals surface area contributed by atoms with Crippen molar-refractivity contribution in [2.24, 2.45) is 10.9 Å². The fraction of sp³-hybridized carbons (Fsp3) is 0.579. The van der Waals surface area contributed by atoms with Gasteiger partial charge in [0, 0.05) is 43.7 Å². The van der Waals surface area contributed by atoms with Crippen LogP contribution in [0.1, 0.15) is 37.7 Å². The van der Waals surface area contributed by atoms with Crippen LogP contribution in [-0.4, -0.2) is 38.6 Å². The van der Waals surface area contributed by atoms with E-state index in [-0.39, 0.29) is 42.2 Å². The Labute approximate surface area is 192 Å². The summed E-state index contributed by atoms with van der Waals surface area (Å²) in [6, 6.07) is 4.45. The Kier molecular flexibility index (Phi) is 12.2. The first kappa shape index (κ1) is 25.7. The number of hydrogen-bond acceptors (Lipinski definition) is 3. The molecule has 0 aromatic heterocycles. The van der Waals surface area contributed by atoms with E-state index in [1.165, 1.54) is 25.0 Å². The van der Waals surface area contributed by atoms with Crippen molar-refractivity contribution in [2.45, 2.75) is 45.3 Å². The summed E-state index contributed by atoms with van der Waals surface area (Å²) >= 11 is 5.94. The number of nitrogens with zero attached hydrogens (tertiary/aromatic N) is 1. The SMILES string of the molecule is CN=C(NCCNC(=O)CC1CCCC1)NCc1cc(Cl)ccc1OC(F)F.I. The highest BCUT2D eigenvalue weighted by atomic mass is 127. The van der Waals surface area contributed by atoms with E-state index in [1.807, 2.05) is 0 Å². The summed E-state index contributed by atoms with van der Waals surface area (Å²) in [6.07, 6.45) is 5.32. The third-order valence-electron chi connectivity index (χ3n) is 4.60. The second-order valence-electron chi connectivity index (χ2n) is 6.69. The fourth-order valence-electron chi connectivity index (χ4n) is 3.23. The van der Waals surface area contributed by atoms with Crippen LogP contribution in [-0.2, 0) is 11.3 Å². The molecule has 1 aromatic rings. The minimum absolute atomic E-state index is 0. The lowest BCUT2D eigenvalue weighted by atomic mass is 10.0. The highest BCUT2D eigenvalue weighted by molar-refractivity contribution is 14.0. The van der Waals surface area contributed by atoms with Crippen molar-refractivity contribution in [2.75, 3.05) is 20.1 Å². The maximum atomic E-state index is 12.5. The first-order chi connectivity index (χ1) is 13.5. The molecule has 2 rings (SSSR count). The fourth-order valence-corrected chi connectivity index (χ4v) is 3.42. The maximum absolute atomic E-state index is 12.5. The highest BCUT2D eigenvalue weighted by Gasteiger charge is 2.18. The Morgan fingerprint density at radius 3 is 2.59 bits per heavy atom. The Balaban J connectivity index is 0.00000420. The lowest BCUT2D eigenvalue weighted by Crippen LogP contribution is -2.41. The number of guanidine groups is 1. The predicted octanol–water partition coefficient (Wildman–Crippen LogP) is 3.92. The number of ether oxygens (including phenoxy) is 1. The molecular formula is C19H28ClF2IN4O2. The topological polar surface area (TPSA) is 74.8 Å². The smallest absolute Gasteiger partial charge is 0.387 e. The van der Waals surface area contributed by atoms with E-state index in [0.717, 1.165) is 12.8 Å². The first-order valence-corrected chi connectivity index (χ1v) is 9.80. The normalized spacial score (nSPS) is 14.4. The lowest BCUT2D eigenvalue weighted by molar-refractivity contribution is -0.121. The molecule has 1 aliphatic rings. The van der Waals surface area contributed by atoms with Crippen molar-refractivity contribution in [1.29, 1.82) is 0 Å². The second-order valence-corrected chi connectivity index (χ2v) is 7.12. The van der Waals surface area contributed by atoms with Gasteiger partial charge in [-0.3, -0.25) is 9.79 Å². The zero-order chi connectivity index (χ0) is 20.4. The van der Waals surface area contributed by atoms with Gasteiger partial charge in [0.2, 0.25) is 5.91 Å². The summed E-state index contributed by atoms with van der Waals surface area (Å²) in [5, 5.41) is 9.40. The number of benzene rings is 1. The van der Waals surface area contributed by atoms with Crippen LogP contribution in [0.15, 0.2) is 23.2 Å². The van der Waals surface area contributed by atoms with E-state index in [9.17, 15) is 13.6 Å². The van der Waals surface area contributed by atoms with Crippen molar-refractivity contribution in [3.63, 3.8) is 0 Å². The van der Waals surface area contributed by atoms with Crippen LogP contribution >= 0.6 is 35.6 Å². The van der Waals surface area contributed by atoms with Gasteiger partial charge in [0.05, 0.1) is 0 Å². The standard InChI is InChI=1S/C19H27ClF2N4O2.HI/c1-23-19(25-9-8-24-17(27)10-13-4-2-3-5-13)26-12-14-11-15(20)6-7-16(14)28-18(21)22;/h6-7,11,13,18H,2-5,8-10,12H2,1H3,(H,24,27)(H2,23,25,26);1H. The largest absolute Gasteiger partial charge is 0.434 e. The summed E-state index contributed by atoms with van der Waals surface area (Å²) in [6.45, 7) is -1.74. The van der Waals surface area contributed by atoms with E-state index in [2.05, 4.69) is 25.7 Å². The number of aliphatic imine (C=N–C) groups is 1. The van der Waals surface area contributed by atoms with Crippen molar-refractivity contribution < 1.29 is 18.3 Å². The molecule has 0 aliphatic heterocycles. The predicted molar refractivity (Wildman–Crippen MR) is 121 cm³/mol. The second kappa shape index (κ2) is 13.8. The van der Waals surface area contributed by atoms with Gasteiger partial charge in [-0.1, -0.05) is 24.4 Å². The molecule has 0 saturated heterocycles. The number of rotatable bonds is 9. The van der Waals surface area contributed by atoms with Gasteiger partial charge in [-0.2, -0.15) is 8.78 Å². The van der Waals surface area contributed by atoms with Gasteiger partial charge in [-0.15, -0.1) is 24.0 Å². The zero-order valence-electron chi connectivity index (χ0n) is 16.3. The van der Waals surface area contributed by atoms with E-state index < -0.39 is 6.61 Å². The van der Waals surface area contributed by atoms with Crippen LogP contribution in [0.2, 0.25) is 5.02 Å². The van der Waals surface area contributed by atoms with Crippen molar-refractivity contribution in [3.05, 3.63) is 28.8 Å². The van der Waals surface area contributed by atoms with Crippen LogP contribution in [0.5, 0.6) is 5.75 Å². The highest BCUT2D eigenvalue weighted by Crippen LogP contribution is 2.27. The molecule has 0 radical (unpaired) electrons. The van der Waals surface area contributed by atoms with Crippen LogP contribution in [0.4, 0.5) is 8.78 Å². The molecule has 0 spiro atoms. The Hall–Kier alpha value is -1.36. The summed E-state index contributed by atoms with van der Waals surface area (Å²) in [4.78, 5) is 16.0. The molecule has 0 atom stereocenters. The third-order valence-corrected chi connectivity index (χ3v) is 4.83. The monoisotopic (exact) mass is 544 g/mol. The van der Waals surface area contributed by atoms with Gasteiger partial charge >= 0.3 is 6.61 Å². The van der Waals surface area contributed by atoms with Gasteiger partial charge in [0.1, 0.15) is 5.75 Å². The molecule has 1 amide bonds. The lowest BCUT2D eigenvalue weighted by Gasteiger charge is -2.15. The van der Waals surface area contributed by atoms with Crippen LogP contribution in [0.25, 0.3) is 0 Å². The average Bonchev–Trinajstić information content (AvgIpc) is 3.15. The third kappa shape index (κ3) is 9.79. The summed E-state index contributed by atoms with van der Waals surface area (Å²) in [5.41, 5.74) is 0.487. The molecule has 1 saturated carbocycles. The number of alkyl halides is 2. The molecule has 0 heterocycles. The molecule has 0 bridgehead atoms. The number of carbonyl (C=O) groups is 1. The minimum atomic E-state index is -2.91. The molecule has 1 fully saturated rings. The van der Waals surface area contributed by atoms with E-state index in [4.69, 9.17) is 11.6 Å². The minimum Gasteiger partial charge on any atom is -0.434 e. The van der Waals surface area contributed by atoms with Gasteiger partial charge < -0.3 is 20.7 Å². The molecule has 1 aromatic carbocycles. The number of nitrogens with one attached hydrogen (secondary N) is 3. The molecule has 164 valence electrons. The molecule has 3 N–H and O–H groups in total. The molecule has 10 heteroatoms. The molecule has 1 aliphatic carbocycles. The van der Waals surface area contributed by atoms with Crippen LogP contribution in [0, 0.1) is 5.92 Å². The van der Waals surface area contributed by atoms with E-state index in [0.29, 0.717) is 42.0 Å². The first-order valence-electron chi connectivity index (χ1n) is 9.42. The molecular weight excluding hydrogens is 517 g/mol. The van der Waals surface area contributed by atoms with Gasteiger partial charge in [-0.05, 0) is 37.0 Å². The number of hydrogen-bond donors (Lipinski definition) is 3. The molecule has 6 nitrogen and oxygen atoms in total. The summed E-state index contributed by atoms with van der Waals surface area (Å²) in [5.74, 6) is 1.13. The number of halogens is 4. The van der Waals surface area contributed by atoms with Crippen molar-refractivity contribution >= 4 is 47.4 Å². The van der Waals surface area contributed by atoms with E-state index >= 15 is 0 Å². The number of amides is 1. The zero-order valence-corrected chi connectivity index (χ0v) is 19.4. The average molecular weight is 545 g/mol. The van der Waals surface area contributed by atoms with Crippen molar-refractivity contribution in [3.8, 4) is 5.75 Å². The van der Waals surface area contributed by atoms with Gasteiger partial charge in [0.25, 0.3) is 0 Å². The Bertz CT molecular complexity index is 674. The quantitative estimate of drug-likeness (QED) is 0.191. The number of carbonyl (C=O) groups excluding carboxylic acids is 1. The molecule has 29 heavy (non-hydrogen) atoms. The maximum Gasteiger partial charge on any atom is 0.387 e. The Morgan fingerprint density at radius 2 is 1.93 bits per heavy atom. The van der Waals surface area contributed by atoms with E-state index in [1.54, 1.807) is 13.1 Å². The van der Waals surface area contributed by atoms with Crippen LogP contribution in [0.3, 0.4) is 0 Å². The van der Waals surface area contributed by atoms with Crippen LogP contribution < -0.4 is 20.7 Å². The Morgan fingerprint density at radius 1 is 1.24 bits per heavy atom.